The lowest BCUT2D eigenvalue weighted by Crippen LogP contribution is -2.35. The first-order valence-corrected chi connectivity index (χ1v) is 6.31. The van der Waals surface area contributed by atoms with Crippen molar-refractivity contribution < 1.29 is 14.3 Å². The van der Waals surface area contributed by atoms with Crippen molar-refractivity contribution in [2.45, 2.75) is 32.4 Å². The van der Waals surface area contributed by atoms with Crippen molar-refractivity contribution in [3.63, 3.8) is 0 Å². The Hall–Kier alpha value is -1.39. The molecule has 1 unspecified atom stereocenters. The van der Waals surface area contributed by atoms with E-state index in [0.29, 0.717) is 16.9 Å². The normalized spacial score (nSPS) is 14.6. The zero-order valence-electron chi connectivity index (χ0n) is 11.2. The van der Waals surface area contributed by atoms with Gasteiger partial charge in [0.25, 0.3) is 0 Å². The van der Waals surface area contributed by atoms with Crippen LogP contribution < -0.4 is 5.73 Å². The van der Waals surface area contributed by atoms with Crippen LogP contribution in [0.25, 0.3) is 0 Å². The number of ether oxygens (including phenoxy) is 1. The van der Waals surface area contributed by atoms with E-state index in [-0.39, 0.29) is 0 Å². The van der Waals surface area contributed by atoms with Gasteiger partial charge in [-0.15, -0.1) is 0 Å². The third-order valence-electron chi connectivity index (χ3n) is 2.47. The average Bonchev–Trinajstić information content (AvgIpc) is 2.28. The molecule has 0 heterocycles. The van der Waals surface area contributed by atoms with Crippen molar-refractivity contribution >= 4 is 23.9 Å². The van der Waals surface area contributed by atoms with Gasteiger partial charge >= 0.3 is 5.97 Å². The van der Waals surface area contributed by atoms with E-state index in [9.17, 15) is 9.59 Å². The molecule has 2 atom stereocenters. The number of hydrogen-bond acceptors (Lipinski definition) is 4. The number of aldehydes is 1. The van der Waals surface area contributed by atoms with Crippen LogP contribution in [0.2, 0.25) is 5.02 Å². The van der Waals surface area contributed by atoms with Crippen LogP contribution in [-0.2, 0) is 14.3 Å². The Balaban J connectivity index is 2.87. The van der Waals surface area contributed by atoms with Crippen LogP contribution in [0.15, 0.2) is 24.3 Å². The van der Waals surface area contributed by atoms with Crippen LogP contribution in [0.3, 0.4) is 0 Å². The van der Waals surface area contributed by atoms with Crippen LogP contribution in [0.5, 0.6) is 0 Å². The van der Waals surface area contributed by atoms with Crippen LogP contribution in [-0.4, -0.2) is 17.9 Å². The molecular formula is C14H18ClNO3. The Morgan fingerprint density at radius 3 is 2.26 bits per heavy atom. The van der Waals surface area contributed by atoms with Gasteiger partial charge in [-0.25, -0.2) is 0 Å². The third kappa shape index (κ3) is 4.65. The summed E-state index contributed by atoms with van der Waals surface area (Å²) in [5.41, 5.74) is 5.95. The number of halogens is 1. The van der Waals surface area contributed by atoms with E-state index < -0.39 is 23.5 Å². The highest BCUT2D eigenvalue weighted by atomic mass is 35.5. The topological polar surface area (TPSA) is 69.4 Å². The highest BCUT2D eigenvalue weighted by Gasteiger charge is 2.30. The van der Waals surface area contributed by atoms with Gasteiger partial charge < -0.3 is 15.3 Å². The second-order valence-electron chi connectivity index (χ2n) is 5.27. The van der Waals surface area contributed by atoms with Gasteiger partial charge in [0.2, 0.25) is 0 Å². The molecule has 0 aromatic heterocycles. The van der Waals surface area contributed by atoms with Crippen LogP contribution >= 0.6 is 11.6 Å². The van der Waals surface area contributed by atoms with Crippen molar-refractivity contribution in [2.75, 3.05) is 0 Å². The van der Waals surface area contributed by atoms with Gasteiger partial charge in [0.15, 0.2) is 0 Å². The summed E-state index contributed by atoms with van der Waals surface area (Å²) in [4.78, 5) is 23.0. The Labute approximate surface area is 117 Å². The molecule has 0 aliphatic heterocycles. The van der Waals surface area contributed by atoms with Gasteiger partial charge in [0.1, 0.15) is 17.8 Å². The van der Waals surface area contributed by atoms with Crippen molar-refractivity contribution in [2.24, 2.45) is 11.7 Å². The fourth-order valence-corrected chi connectivity index (χ4v) is 1.67. The molecule has 0 aliphatic carbocycles. The highest BCUT2D eigenvalue weighted by molar-refractivity contribution is 6.30. The highest BCUT2D eigenvalue weighted by Crippen LogP contribution is 2.23. The van der Waals surface area contributed by atoms with E-state index in [4.69, 9.17) is 22.1 Å². The predicted molar refractivity (Wildman–Crippen MR) is 73.8 cm³/mol. The molecule has 4 nitrogen and oxygen atoms in total. The standard InChI is InChI=1S/C14H18ClNO3/c1-14(2,3)19-13(18)11(8-17)12(16)9-4-6-10(15)7-5-9/h4-8,11-12H,16H2,1-3H3/t11-,12?/m1/s1. The molecule has 0 bridgehead atoms. The Morgan fingerprint density at radius 2 is 1.84 bits per heavy atom. The van der Waals surface area contributed by atoms with Crippen LogP contribution in [0.4, 0.5) is 0 Å². The summed E-state index contributed by atoms with van der Waals surface area (Å²) >= 11 is 5.78. The van der Waals surface area contributed by atoms with Crippen LogP contribution in [0, 0.1) is 5.92 Å². The van der Waals surface area contributed by atoms with Crippen molar-refractivity contribution in [3.8, 4) is 0 Å². The molecule has 0 fully saturated rings. The molecule has 0 amide bonds. The van der Waals surface area contributed by atoms with E-state index in [1.54, 1.807) is 45.0 Å². The lowest BCUT2D eigenvalue weighted by molar-refractivity contribution is -0.161. The molecule has 1 rings (SSSR count). The van der Waals surface area contributed by atoms with E-state index in [0.717, 1.165) is 0 Å². The maximum Gasteiger partial charge on any atom is 0.318 e. The number of carbonyl (C=O) groups excluding carboxylic acids is 2. The monoisotopic (exact) mass is 283 g/mol. The SMILES string of the molecule is CC(C)(C)OC(=O)[C@H](C=O)C(N)c1ccc(Cl)cc1. The lowest BCUT2D eigenvalue weighted by atomic mass is 9.95. The van der Waals surface area contributed by atoms with Crippen molar-refractivity contribution in [1.29, 1.82) is 0 Å². The fourth-order valence-electron chi connectivity index (χ4n) is 1.55. The number of benzene rings is 1. The first-order chi connectivity index (χ1) is 8.74. The number of rotatable bonds is 4. The Bertz CT molecular complexity index is 451. The molecule has 2 N–H and O–H groups in total. The molecule has 19 heavy (non-hydrogen) atoms. The largest absolute Gasteiger partial charge is 0.459 e. The van der Waals surface area contributed by atoms with E-state index >= 15 is 0 Å². The summed E-state index contributed by atoms with van der Waals surface area (Å²) in [6, 6.07) is 5.95. The average molecular weight is 284 g/mol. The molecule has 0 radical (unpaired) electrons. The number of carbonyl (C=O) groups is 2. The predicted octanol–water partition coefficient (Wildman–Crippen LogP) is 2.50. The second kappa shape index (κ2) is 6.17. The zero-order valence-corrected chi connectivity index (χ0v) is 12.0. The molecule has 0 saturated carbocycles. The summed E-state index contributed by atoms with van der Waals surface area (Å²) in [7, 11) is 0. The molecule has 1 aromatic carbocycles. The Morgan fingerprint density at radius 1 is 1.32 bits per heavy atom. The molecule has 104 valence electrons. The zero-order chi connectivity index (χ0) is 14.6. The van der Waals surface area contributed by atoms with Gasteiger partial charge in [-0.2, -0.15) is 0 Å². The maximum absolute atomic E-state index is 11.9. The number of nitrogens with two attached hydrogens (primary N) is 1. The van der Waals surface area contributed by atoms with Crippen molar-refractivity contribution in [1.82, 2.24) is 0 Å². The third-order valence-corrected chi connectivity index (χ3v) is 2.72. The quantitative estimate of drug-likeness (QED) is 0.524. The van der Waals surface area contributed by atoms with E-state index in [2.05, 4.69) is 0 Å². The van der Waals surface area contributed by atoms with E-state index in [1.807, 2.05) is 0 Å². The second-order valence-corrected chi connectivity index (χ2v) is 5.71. The number of esters is 1. The summed E-state index contributed by atoms with van der Waals surface area (Å²) < 4.78 is 5.18. The minimum atomic E-state index is -1.03. The summed E-state index contributed by atoms with van der Waals surface area (Å²) in [6.45, 7) is 5.21. The first kappa shape index (κ1) is 15.7. The number of hydrogen-bond donors (Lipinski definition) is 1. The van der Waals surface area contributed by atoms with Gasteiger partial charge in [-0.1, -0.05) is 23.7 Å². The maximum atomic E-state index is 11.9. The summed E-state index contributed by atoms with van der Waals surface area (Å²) in [6.07, 6.45) is 0.521. The van der Waals surface area contributed by atoms with Crippen molar-refractivity contribution in [3.05, 3.63) is 34.9 Å². The first-order valence-electron chi connectivity index (χ1n) is 5.94. The fraction of sp³-hybridized carbons (Fsp3) is 0.429. The minimum Gasteiger partial charge on any atom is -0.459 e. The molecule has 5 heteroatoms. The van der Waals surface area contributed by atoms with Crippen LogP contribution in [0.1, 0.15) is 32.4 Å². The molecule has 1 aromatic rings. The minimum absolute atomic E-state index is 0.521. The van der Waals surface area contributed by atoms with Gasteiger partial charge in [0, 0.05) is 11.1 Å². The summed E-state index contributed by atoms with van der Waals surface area (Å²) in [5.74, 6) is -1.65. The molecule has 0 saturated heterocycles. The Kier molecular flexibility index (Phi) is 5.09. The molecular weight excluding hydrogens is 266 g/mol. The summed E-state index contributed by atoms with van der Waals surface area (Å²) in [5, 5.41) is 0.566. The smallest absolute Gasteiger partial charge is 0.318 e. The molecule has 0 spiro atoms. The van der Waals surface area contributed by atoms with Gasteiger partial charge in [0.05, 0.1) is 0 Å². The van der Waals surface area contributed by atoms with E-state index in [1.165, 1.54) is 0 Å². The molecule has 0 aliphatic rings. The van der Waals surface area contributed by atoms with Gasteiger partial charge in [-0.3, -0.25) is 4.79 Å². The van der Waals surface area contributed by atoms with Gasteiger partial charge in [-0.05, 0) is 38.5 Å². The lowest BCUT2D eigenvalue weighted by Gasteiger charge is -2.24.